The van der Waals surface area contributed by atoms with Crippen molar-refractivity contribution in [3.05, 3.63) is 94.5 Å². The molecule has 0 radical (unpaired) electrons. The molecule has 0 aliphatic rings. The fourth-order valence-corrected chi connectivity index (χ4v) is 3.03. The van der Waals surface area contributed by atoms with E-state index in [1.165, 1.54) is 4.57 Å². The van der Waals surface area contributed by atoms with Crippen molar-refractivity contribution < 1.29 is 9.84 Å². The largest absolute Gasteiger partial charge is 0.508 e. The van der Waals surface area contributed by atoms with E-state index in [-0.39, 0.29) is 11.3 Å². The summed E-state index contributed by atoms with van der Waals surface area (Å²) in [5, 5.41) is 10.4. The van der Waals surface area contributed by atoms with Crippen molar-refractivity contribution in [2.24, 2.45) is 0 Å². The lowest BCUT2D eigenvalue weighted by Gasteiger charge is -2.11. The molecule has 0 aliphatic carbocycles. The van der Waals surface area contributed by atoms with E-state index >= 15 is 0 Å². The van der Waals surface area contributed by atoms with Crippen LogP contribution >= 0.6 is 0 Å². The van der Waals surface area contributed by atoms with E-state index in [9.17, 15) is 9.90 Å². The van der Waals surface area contributed by atoms with Crippen LogP contribution in [0.5, 0.6) is 11.5 Å². The second-order valence-electron chi connectivity index (χ2n) is 6.25. The Hall–Kier alpha value is -3.86. The van der Waals surface area contributed by atoms with Gasteiger partial charge in [-0.2, -0.15) is 0 Å². The molecule has 5 heteroatoms. The summed E-state index contributed by atoms with van der Waals surface area (Å²) in [7, 11) is 1.62. The molecule has 0 atom stereocenters. The van der Waals surface area contributed by atoms with Crippen LogP contribution in [0, 0.1) is 0 Å². The van der Waals surface area contributed by atoms with Gasteiger partial charge in [0.05, 0.1) is 23.7 Å². The van der Waals surface area contributed by atoms with Crippen LogP contribution in [0.4, 0.5) is 0 Å². The average molecular weight is 370 g/mol. The molecule has 1 heterocycles. The van der Waals surface area contributed by atoms with Gasteiger partial charge in [-0.25, -0.2) is 4.98 Å². The summed E-state index contributed by atoms with van der Waals surface area (Å²) >= 11 is 0. The Balaban J connectivity index is 1.89. The topological polar surface area (TPSA) is 64.3 Å². The third-order valence-electron chi connectivity index (χ3n) is 4.43. The Morgan fingerprint density at radius 1 is 0.964 bits per heavy atom. The minimum Gasteiger partial charge on any atom is -0.508 e. The molecule has 0 unspecified atom stereocenters. The number of hydrogen-bond donors (Lipinski definition) is 1. The number of nitrogens with zero attached hydrogens (tertiary/aromatic N) is 2. The maximum absolute atomic E-state index is 13.1. The van der Waals surface area contributed by atoms with Gasteiger partial charge < -0.3 is 9.84 Å². The molecule has 4 rings (SSSR count). The molecule has 4 aromatic rings. The number of methoxy groups -OCH3 is 1. The van der Waals surface area contributed by atoms with Gasteiger partial charge in [0.1, 0.15) is 17.3 Å². The zero-order valence-corrected chi connectivity index (χ0v) is 15.2. The van der Waals surface area contributed by atoms with Gasteiger partial charge in [0.15, 0.2) is 0 Å². The van der Waals surface area contributed by atoms with E-state index < -0.39 is 0 Å². The lowest BCUT2D eigenvalue weighted by atomic mass is 10.2. The van der Waals surface area contributed by atoms with E-state index in [0.29, 0.717) is 22.4 Å². The zero-order valence-electron chi connectivity index (χ0n) is 15.2. The normalized spacial score (nSPS) is 11.2. The lowest BCUT2D eigenvalue weighted by Crippen LogP contribution is -2.22. The number of para-hydroxylation sites is 1. The van der Waals surface area contributed by atoms with Crippen LogP contribution in [0.15, 0.2) is 77.6 Å². The number of ether oxygens (including phenoxy) is 1. The van der Waals surface area contributed by atoms with Gasteiger partial charge in [-0.1, -0.05) is 36.4 Å². The van der Waals surface area contributed by atoms with Gasteiger partial charge in [-0.3, -0.25) is 9.36 Å². The molecule has 0 saturated heterocycles. The number of fused-ring (bicyclic) bond motifs is 1. The predicted octanol–water partition coefficient (Wildman–Crippen LogP) is 4.27. The minimum atomic E-state index is -0.189. The Labute approximate surface area is 161 Å². The predicted molar refractivity (Wildman–Crippen MR) is 111 cm³/mol. The summed E-state index contributed by atoms with van der Waals surface area (Å²) < 4.78 is 6.68. The number of rotatable bonds is 4. The summed E-state index contributed by atoms with van der Waals surface area (Å²) in [6.07, 6.45) is 3.68. The van der Waals surface area contributed by atoms with Crippen LogP contribution in [-0.4, -0.2) is 21.8 Å². The van der Waals surface area contributed by atoms with Crippen molar-refractivity contribution in [1.82, 2.24) is 9.55 Å². The molecule has 138 valence electrons. The standard InChI is InChI=1S/C23H18N2O3/c1-28-19-12-9-16(10-13-19)11-14-22-24-21-8-3-2-7-20(21)23(27)25(22)17-5-4-6-18(26)15-17/h2-15,26H,1H3/b14-11+. The molecule has 0 aliphatic heterocycles. The summed E-state index contributed by atoms with van der Waals surface area (Å²) in [4.78, 5) is 17.8. The van der Waals surface area contributed by atoms with Crippen LogP contribution in [0.2, 0.25) is 0 Å². The highest BCUT2D eigenvalue weighted by atomic mass is 16.5. The Kier molecular flexibility index (Phi) is 4.64. The molecule has 3 aromatic carbocycles. The summed E-state index contributed by atoms with van der Waals surface area (Å²) in [5.74, 6) is 1.34. The van der Waals surface area contributed by atoms with Crippen LogP contribution in [0.1, 0.15) is 11.4 Å². The van der Waals surface area contributed by atoms with Crippen molar-refractivity contribution in [1.29, 1.82) is 0 Å². The van der Waals surface area contributed by atoms with Crippen molar-refractivity contribution in [3.63, 3.8) is 0 Å². The van der Waals surface area contributed by atoms with Crippen LogP contribution in [-0.2, 0) is 0 Å². The summed E-state index contributed by atoms with van der Waals surface area (Å²) in [5.41, 5.74) is 1.94. The van der Waals surface area contributed by atoms with Crippen molar-refractivity contribution in [2.75, 3.05) is 7.11 Å². The first kappa shape index (κ1) is 17.5. The zero-order chi connectivity index (χ0) is 19.5. The van der Waals surface area contributed by atoms with Gasteiger partial charge in [0.25, 0.3) is 5.56 Å². The quantitative estimate of drug-likeness (QED) is 0.583. The van der Waals surface area contributed by atoms with Gasteiger partial charge in [-0.05, 0) is 48.0 Å². The molecule has 0 saturated carbocycles. The highest BCUT2D eigenvalue weighted by Gasteiger charge is 2.11. The third kappa shape index (κ3) is 3.38. The average Bonchev–Trinajstić information content (AvgIpc) is 2.73. The molecule has 1 aromatic heterocycles. The molecule has 0 amide bonds. The molecular weight excluding hydrogens is 352 g/mol. The first-order valence-corrected chi connectivity index (χ1v) is 8.79. The van der Waals surface area contributed by atoms with Gasteiger partial charge in [0, 0.05) is 6.07 Å². The van der Waals surface area contributed by atoms with Crippen LogP contribution < -0.4 is 10.3 Å². The molecular formula is C23H18N2O3. The van der Waals surface area contributed by atoms with Crippen LogP contribution in [0.25, 0.3) is 28.7 Å². The van der Waals surface area contributed by atoms with Gasteiger partial charge in [0.2, 0.25) is 0 Å². The monoisotopic (exact) mass is 370 g/mol. The number of aromatic hydroxyl groups is 1. The Bertz CT molecular complexity index is 1220. The smallest absolute Gasteiger partial charge is 0.266 e. The van der Waals surface area contributed by atoms with Crippen molar-refractivity contribution in [3.8, 4) is 17.2 Å². The molecule has 5 nitrogen and oxygen atoms in total. The van der Waals surface area contributed by atoms with E-state index in [1.54, 1.807) is 43.5 Å². The van der Waals surface area contributed by atoms with Crippen LogP contribution in [0.3, 0.4) is 0 Å². The minimum absolute atomic E-state index is 0.0858. The maximum Gasteiger partial charge on any atom is 0.266 e. The molecule has 0 spiro atoms. The fraction of sp³-hybridized carbons (Fsp3) is 0.0435. The highest BCUT2D eigenvalue weighted by Crippen LogP contribution is 2.19. The Morgan fingerprint density at radius 2 is 1.75 bits per heavy atom. The van der Waals surface area contributed by atoms with Crippen molar-refractivity contribution >= 4 is 23.1 Å². The van der Waals surface area contributed by atoms with Crippen molar-refractivity contribution in [2.45, 2.75) is 0 Å². The van der Waals surface area contributed by atoms with Gasteiger partial charge in [-0.15, -0.1) is 0 Å². The third-order valence-corrected chi connectivity index (χ3v) is 4.43. The lowest BCUT2D eigenvalue weighted by molar-refractivity contribution is 0.415. The molecule has 0 bridgehead atoms. The first-order chi connectivity index (χ1) is 13.7. The highest BCUT2D eigenvalue weighted by molar-refractivity contribution is 5.80. The molecule has 1 N–H and O–H groups in total. The number of benzene rings is 3. The van der Waals surface area contributed by atoms with E-state index in [0.717, 1.165) is 11.3 Å². The fourth-order valence-electron chi connectivity index (χ4n) is 3.03. The van der Waals surface area contributed by atoms with E-state index in [4.69, 9.17) is 4.74 Å². The number of aromatic nitrogens is 2. The molecule has 28 heavy (non-hydrogen) atoms. The van der Waals surface area contributed by atoms with E-state index in [2.05, 4.69) is 4.98 Å². The van der Waals surface area contributed by atoms with Gasteiger partial charge >= 0.3 is 0 Å². The maximum atomic E-state index is 13.1. The second kappa shape index (κ2) is 7.40. The second-order valence-corrected chi connectivity index (χ2v) is 6.25. The summed E-state index contributed by atoms with van der Waals surface area (Å²) in [6.45, 7) is 0. The SMILES string of the molecule is COc1ccc(/C=C/c2nc3ccccc3c(=O)n2-c2cccc(O)c2)cc1. The summed E-state index contributed by atoms with van der Waals surface area (Å²) in [6, 6.07) is 21.4. The number of phenols is 1. The number of hydrogen-bond acceptors (Lipinski definition) is 4. The molecule has 0 fully saturated rings. The first-order valence-electron chi connectivity index (χ1n) is 8.79. The number of phenolic OH excluding ortho intramolecular Hbond substituents is 1. The van der Waals surface area contributed by atoms with E-state index in [1.807, 2.05) is 48.5 Å². The Morgan fingerprint density at radius 3 is 2.50 bits per heavy atom.